The van der Waals surface area contributed by atoms with Gasteiger partial charge in [0.15, 0.2) is 0 Å². The molecule has 0 aromatic carbocycles. The van der Waals surface area contributed by atoms with Crippen molar-refractivity contribution in [3.8, 4) is 0 Å². The van der Waals surface area contributed by atoms with Gasteiger partial charge < -0.3 is 0 Å². The van der Waals surface area contributed by atoms with Crippen LogP contribution in [0.3, 0.4) is 0 Å². The lowest BCUT2D eigenvalue weighted by Gasteiger charge is -1.56. The third-order valence-corrected chi connectivity index (χ3v) is 3.29. The van der Waals surface area contributed by atoms with Crippen molar-refractivity contribution < 1.29 is 0 Å². The molecule has 0 saturated heterocycles. The smallest absolute Gasteiger partial charge is 0.0121 e. The van der Waals surface area contributed by atoms with E-state index in [0.29, 0.717) is 0 Å². The van der Waals surface area contributed by atoms with E-state index in [0.717, 1.165) is 5.91 Å². The molecule has 1 nitrogen and oxygen atoms in total. The van der Waals surface area contributed by atoms with Gasteiger partial charge >= 0.3 is 0 Å². The molecule has 4 heteroatoms. The molecule has 2 atom stereocenters. The molecule has 0 aromatic rings. The molecule has 0 radical (unpaired) electrons. The second-order valence-electron chi connectivity index (χ2n) is 0.204. The van der Waals surface area contributed by atoms with Crippen molar-refractivity contribution in [3.63, 3.8) is 0 Å². The van der Waals surface area contributed by atoms with E-state index in [1.54, 1.807) is 0 Å². The molecule has 0 aliphatic rings. The molecule has 0 heterocycles. The zero-order valence-electron chi connectivity index (χ0n) is 1.96. The van der Waals surface area contributed by atoms with Crippen LogP contribution >= 0.6 is 35.3 Å². The van der Waals surface area contributed by atoms with E-state index >= 15 is 0 Å². The summed E-state index contributed by atoms with van der Waals surface area (Å²) in [5.41, 5.74) is 0. The lowest BCUT2D eigenvalue weighted by molar-refractivity contribution is 1.72. The summed E-state index contributed by atoms with van der Waals surface area (Å²) in [7, 11) is 2.54. The van der Waals surface area contributed by atoms with E-state index in [1.165, 1.54) is 0 Å². The monoisotopic (exact) mass is 207 g/mol. The third kappa shape index (κ3) is 3.39. The Morgan fingerprint density at radius 2 is 2.25 bits per heavy atom. The van der Waals surface area contributed by atoms with Gasteiger partial charge in [0.05, 0.1) is 0 Å². The first kappa shape index (κ1) is 5.39. The Labute approximate surface area is 39.1 Å². The summed E-state index contributed by atoms with van der Waals surface area (Å²) in [5.74, 6) is 0.834. The zero-order valence-corrected chi connectivity index (χ0v) is 6.27. The fourth-order valence-electron chi connectivity index (χ4n) is 0. The quantitative estimate of drug-likeness (QED) is 0.502. The van der Waals surface area contributed by atoms with E-state index in [-0.39, 0.29) is 20.5 Å². The maximum atomic E-state index is 6.55. The van der Waals surface area contributed by atoms with Crippen molar-refractivity contribution in [3.05, 3.63) is 0 Å². The minimum atomic E-state index is -0.149. The summed E-state index contributed by atoms with van der Waals surface area (Å²) in [5, 5.41) is 0. The Morgan fingerprint density at radius 3 is 2.25 bits per heavy atom. The second kappa shape index (κ2) is 4.39. The second-order valence-corrected chi connectivity index (χ2v) is 8.49. The van der Waals surface area contributed by atoms with Gasteiger partial charge in [-0.1, -0.05) is 0 Å². The summed E-state index contributed by atoms with van der Waals surface area (Å²) in [6.07, 6.45) is 0. The van der Waals surface area contributed by atoms with Crippen molar-refractivity contribution in [2.45, 2.75) is 0 Å². The molecule has 0 fully saturated rings. The fraction of sp³-hybridized carbons (Fsp3) is 0. The largest absolute Gasteiger partial charge is 0.274 e. The van der Waals surface area contributed by atoms with E-state index in [2.05, 4.69) is 8.93 Å². The zero-order chi connectivity index (χ0) is 3.41. The molecule has 0 spiro atoms. The van der Waals surface area contributed by atoms with E-state index < -0.39 is 0 Å². The third-order valence-electron chi connectivity index (χ3n) is 0.0546. The number of hydrogen-bond donors (Lipinski definition) is 1. The van der Waals surface area contributed by atoms with Crippen LogP contribution in [0, 0.1) is 3.56 Å². The van der Waals surface area contributed by atoms with Crippen molar-refractivity contribution in [2.75, 3.05) is 0 Å². The van der Waals surface area contributed by atoms with Gasteiger partial charge in [0.2, 0.25) is 0 Å². The Kier molecular flexibility index (Phi) is 5.92. The molecule has 0 aliphatic carbocycles. The molecule has 0 rings (SSSR count). The summed E-state index contributed by atoms with van der Waals surface area (Å²) in [4.78, 5) is 0. The number of rotatable bonds is 1. The molecule has 4 heavy (non-hydrogen) atoms. The Morgan fingerprint density at radius 1 is 2.00 bits per heavy atom. The Balaban J connectivity index is 2.30. The van der Waals surface area contributed by atoms with Gasteiger partial charge in [-0.05, 0) is 5.91 Å². The lowest BCUT2D eigenvalue weighted by Crippen LogP contribution is -0.741. The van der Waals surface area contributed by atoms with Gasteiger partial charge in [-0.2, -0.15) is 0 Å². The van der Waals surface area contributed by atoms with Crippen LogP contribution in [0.25, 0.3) is 0 Å². The predicted octanol–water partition coefficient (Wildman–Crippen LogP) is 2.10. The molecule has 1 N–H and O–H groups in total. The summed E-state index contributed by atoms with van der Waals surface area (Å²) < 4.78 is 6.55. The summed E-state index contributed by atoms with van der Waals surface area (Å²) in [6, 6.07) is 0. The number of nitrogens with one attached hydrogen (secondary N) is 1. The standard InChI is InChI=1S/H4INP2/c2-1-4-3/h2,4H,3H2. The van der Waals surface area contributed by atoms with Crippen LogP contribution in [0.5, 0.6) is 0 Å². The molecular weight excluding hydrogens is 203 g/mol. The molecular formula is H4INP2. The fourth-order valence-corrected chi connectivity index (χ4v) is 0. The predicted molar refractivity (Wildman–Crippen MR) is 34.8 cm³/mol. The van der Waals surface area contributed by atoms with Crippen LogP contribution in [0.4, 0.5) is 0 Å². The van der Waals surface area contributed by atoms with Gasteiger partial charge in [-0.15, -0.1) is 8.93 Å². The molecule has 0 aromatic heterocycles. The maximum absolute atomic E-state index is 6.55. The first-order valence-electron chi connectivity index (χ1n) is 0.667. The first-order valence-corrected chi connectivity index (χ1v) is 7.67. The minimum Gasteiger partial charge on any atom is -0.274 e. The minimum absolute atomic E-state index is 0.149. The van der Waals surface area contributed by atoms with Crippen LogP contribution < -0.4 is 0 Å². The highest BCUT2D eigenvalue weighted by atomic mass is 127. The highest BCUT2D eigenvalue weighted by molar-refractivity contribution is 14.2. The lowest BCUT2D eigenvalue weighted by atomic mass is 14.0. The highest BCUT2D eigenvalue weighted by Crippen LogP contribution is 2.34. The summed E-state index contributed by atoms with van der Waals surface area (Å²) in [6.45, 7) is 0. The molecule has 0 amide bonds. The Bertz CT molecular complexity index is 20.0. The topological polar surface area (TPSA) is 23.9 Å². The molecule has 0 aliphatic heterocycles. The van der Waals surface area contributed by atoms with Gasteiger partial charge in [0.25, 0.3) is 0 Å². The van der Waals surface area contributed by atoms with Crippen LogP contribution in [0.1, 0.15) is 0 Å². The van der Waals surface area contributed by atoms with Gasteiger partial charge in [0.1, 0.15) is 0 Å². The SMILES string of the molecule is N=IPP. The normalized spacial score (nSPS) is 10.2. The van der Waals surface area contributed by atoms with Crippen LogP contribution in [0.15, 0.2) is 0 Å². The molecule has 0 saturated carbocycles. The molecule has 2 unspecified atom stereocenters. The van der Waals surface area contributed by atoms with Gasteiger partial charge in [-0.25, -0.2) is 0 Å². The first-order chi connectivity index (χ1) is 1.91. The van der Waals surface area contributed by atoms with Crippen molar-refractivity contribution in [2.24, 2.45) is 0 Å². The van der Waals surface area contributed by atoms with E-state index in [1.807, 2.05) is 0 Å². The molecule has 0 bridgehead atoms. The van der Waals surface area contributed by atoms with Gasteiger partial charge in [0, 0.05) is 20.5 Å². The Hall–Kier alpha value is 1.39. The maximum Gasteiger partial charge on any atom is 0.0121 e. The van der Waals surface area contributed by atoms with Crippen molar-refractivity contribution in [1.29, 1.82) is 3.56 Å². The van der Waals surface area contributed by atoms with E-state index in [4.69, 9.17) is 3.56 Å². The van der Waals surface area contributed by atoms with Crippen molar-refractivity contribution in [1.82, 2.24) is 0 Å². The molecule has 26 valence electrons. The average molecular weight is 207 g/mol. The number of hydrogen-bond acceptors (Lipinski definition) is 1. The van der Waals surface area contributed by atoms with Crippen LogP contribution in [0.2, 0.25) is 0 Å². The number of halogens is 1. The highest BCUT2D eigenvalue weighted by Gasteiger charge is 1.47. The van der Waals surface area contributed by atoms with E-state index in [9.17, 15) is 0 Å². The van der Waals surface area contributed by atoms with Crippen LogP contribution in [-0.2, 0) is 0 Å². The summed E-state index contributed by atoms with van der Waals surface area (Å²) >= 11 is -0.149. The van der Waals surface area contributed by atoms with Crippen molar-refractivity contribution >= 4 is 35.3 Å². The average Bonchev–Trinajstić information content (AvgIpc) is 1.37. The van der Waals surface area contributed by atoms with Crippen LogP contribution in [-0.4, -0.2) is 0 Å². The van der Waals surface area contributed by atoms with Gasteiger partial charge in [-0.3, -0.25) is 3.56 Å².